The van der Waals surface area contributed by atoms with Crippen LogP contribution in [0.4, 0.5) is 5.69 Å². The van der Waals surface area contributed by atoms with Crippen molar-refractivity contribution in [3.63, 3.8) is 0 Å². The van der Waals surface area contributed by atoms with E-state index in [0.29, 0.717) is 24.1 Å². The predicted octanol–water partition coefficient (Wildman–Crippen LogP) is 0.884. The lowest BCUT2D eigenvalue weighted by Crippen LogP contribution is -2.34. The van der Waals surface area contributed by atoms with Gasteiger partial charge in [0.15, 0.2) is 9.84 Å². The van der Waals surface area contributed by atoms with Gasteiger partial charge in [0.05, 0.1) is 11.0 Å². The first-order valence-corrected chi connectivity index (χ1v) is 7.97. The standard InChI is InChI=1S/C13H18N2O3S/c1-9-7-10(4-5-12(9)14)13(16)15-8-11-3-2-6-19(11,17)18/h4-5,7,11H,2-3,6,8,14H2,1H3,(H,15,16). The molecule has 1 heterocycles. The van der Waals surface area contributed by atoms with Crippen molar-refractivity contribution in [1.29, 1.82) is 0 Å². The SMILES string of the molecule is Cc1cc(C(=O)NCC2CCCS2(=O)=O)ccc1N. The Labute approximate surface area is 113 Å². The third kappa shape index (κ3) is 3.07. The minimum Gasteiger partial charge on any atom is -0.399 e. The average Bonchev–Trinajstić information content (AvgIpc) is 2.69. The molecule has 6 heteroatoms. The maximum Gasteiger partial charge on any atom is 0.251 e. The summed E-state index contributed by atoms with van der Waals surface area (Å²) in [5, 5.41) is 2.25. The highest BCUT2D eigenvalue weighted by Gasteiger charge is 2.31. The number of rotatable bonds is 3. The smallest absolute Gasteiger partial charge is 0.251 e. The van der Waals surface area contributed by atoms with Gasteiger partial charge in [0, 0.05) is 17.8 Å². The van der Waals surface area contributed by atoms with Gasteiger partial charge in [-0.05, 0) is 43.5 Å². The molecular weight excluding hydrogens is 264 g/mol. The number of amides is 1. The molecule has 0 bridgehead atoms. The molecule has 1 amide bonds. The number of nitrogens with two attached hydrogens (primary N) is 1. The molecule has 1 aliphatic rings. The number of nitrogens with one attached hydrogen (secondary N) is 1. The molecule has 1 unspecified atom stereocenters. The van der Waals surface area contributed by atoms with E-state index in [-0.39, 0.29) is 18.2 Å². The van der Waals surface area contributed by atoms with E-state index >= 15 is 0 Å². The van der Waals surface area contributed by atoms with Gasteiger partial charge in [-0.1, -0.05) is 0 Å². The van der Waals surface area contributed by atoms with Crippen LogP contribution in [0.25, 0.3) is 0 Å². The van der Waals surface area contributed by atoms with Crippen molar-refractivity contribution < 1.29 is 13.2 Å². The Morgan fingerprint density at radius 1 is 1.47 bits per heavy atom. The van der Waals surface area contributed by atoms with E-state index in [1.54, 1.807) is 18.2 Å². The van der Waals surface area contributed by atoms with E-state index in [1.807, 2.05) is 6.92 Å². The molecule has 5 nitrogen and oxygen atoms in total. The zero-order valence-corrected chi connectivity index (χ0v) is 11.7. The number of hydrogen-bond acceptors (Lipinski definition) is 4. The second kappa shape index (κ2) is 5.21. The summed E-state index contributed by atoms with van der Waals surface area (Å²) in [6.45, 7) is 2.01. The van der Waals surface area contributed by atoms with Crippen molar-refractivity contribution in [3.8, 4) is 0 Å². The van der Waals surface area contributed by atoms with Crippen LogP contribution in [0, 0.1) is 6.92 Å². The largest absolute Gasteiger partial charge is 0.399 e. The summed E-state index contributed by atoms with van der Waals surface area (Å²) in [7, 11) is -3.01. The molecule has 0 spiro atoms. The molecule has 0 aromatic heterocycles. The fraction of sp³-hybridized carbons (Fsp3) is 0.462. The Morgan fingerprint density at radius 3 is 2.79 bits per heavy atom. The summed E-state index contributed by atoms with van der Waals surface area (Å²) >= 11 is 0. The van der Waals surface area contributed by atoms with Crippen molar-refractivity contribution in [1.82, 2.24) is 5.32 Å². The summed E-state index contributed by atoms with van der Waals surface area (Å²) in [4.78, 5) is 11.9. The van der Waals surface area contributed by atoms with Gasteiger partial charge >= 0.3 is 0 Å². The molecule has 0 radical (unpaired) electrons. The summed E-state index contributed by atoms with van der Waals surface area (Å²) < 4.78 is 23.3. The molecule has 1 aromatic rings. The van der Waals surface area contributed by atoms with Crippen molar-refractivity contribution in [3.05, 3.63) is 29.3 Å². The number of benzene rings is 1. The Kier molecular flexibility index (Phi) is 3.80. The monoisotopic (exact) mass is 282 g/mol. The topological polar surface area (TPSA) is 89.3 Å². The van der Waals surface area contributed by atoms with Crippen LogP contribution in [-0.4, -0.2) is 31.9 Å². The number of hydrogen-bond donors (Lipinski definition) is 2. The number of carbonyl (C=O) groups is 1. The van der Waals surface area contributed by atoms with Gasteiger partial charge in [-0.3, -0.25) is 4.79 Å². The molecule has 0 saturated carbocycles. The molecule has 1 atom stereocenters. The zero-order valence-electron chi connectivity index (χ0n) is 10.8. The van der Waals surface area contributed by atoms with Crippen molar-refractivity contribution in [2.45, 2.75) is 25.0 Å². The number of sulfone groups is 1. The average molecular weight is 282 g/mol. The highest BCUT2D eigenvalue weighted by molar-refractivity contribution is 7.92. The molecule has 104 valence electrons. The number of aryl methyl sites for hydroxylation is 1. The zero-order chi connectivity index (χ0) is 14.0. The lowest BCUT2D eigenvalue weighted by Gasteiger charge is -2.11. The van der Waals surface area contributed by atoms with Crippen LogP contribution in [0.3, 0.4) is 0 Å². The van der Waals surface area contributed by atoms with Gasteiger partial charge in [-0.2, -0.15) is 0 Å². The van der Waals surface area contributed by atoms with E-state index < -0.39 is 15.1 Å². The van der Waals surface area contributed by atoms with Gasteiger partial charge in [-0.25, -0.2) is 8.42 Å². The Bertz CT molecular complexity index is 596. The van der Waals surface area contributed by atoms with E-state index in [0.717, 1.165) is 5.56 Å². The van der Waals surface area contributed by atoms with Crippen molar-refractivity contribution >= 4 is 21.4 Å². The maximum atomic E-state index is 11.9. The molecule has 1 saturated heterocycles. The highest BCUT2D eigenvalue weighted by atomic mass is 32.2. The number of anilines is 1. The normalized spacial score (nSPS) is 21.2. The molecule has 19 heavy (non-hydrogen) atoms. The van der Waals surface area contributed by atoms with E-state index in [9.17, 15) is 13.2 Å². The Balaban J connectivity index is 2.00. The molecule has 3 N–H and O–H groups in total. The summed E-state index contributed by atoms with van der Waals surface area (Å²) in [5.41, 5.74) is 7.66. The lowest BCUT2D eigenvalue weighted by atomic mass is 10.1. The minimum absolute atomic E-state index is 0.185. The summed E-state index contributed by atoms with van der Waals surface area (Å²) in [6.07, 6.45) is 1.31. The molecular formula is C13H18N2O3S. The second-order valence-corrected chi connectivity index (χ2v) is 7.31. The Hall–Kier alpha value is -1.56. The van der Waals surface area contributed by atoms with Gasteiger partial charge in [0.25, 0.3) is 5.91 Å². The minimum atomic E-state index is -3.01. The Morgan fingerprint density at radius 2 is 2.21 bits per heavy atom. The first-order chi connectivity index (χ1) is 8.90. The number of nitrogen functional groups attached to an aromatic ring is 1. The van der Waals surface area contributed by atoms with Crippen molar-refractivity contribution in [2.24, 2.45) is 0 Å². The molecule has 2 rings (SSSR count). The van der Waals surface area contributed by atoms with E-state index in [1.165, 1.54) is 0 Å². The van der Waals surface area contributed by atoms with Crippen LogP contribution in [0.2, 0.25) is 0 Å². The fourth-order valence-electron chi connectivity index (χ4n) is 2.21. The second-order valence-electron chi connectivity index (χ2n) is 4.91. The molecule has 1 aromatic carbocycles. The quantitative estimate of drug-likeness (QED) is 0.806. The van der Waals surface area contributed by atoms with Gasteiger partial charge in [0.1, 0.15) is 0 Å². The van der Waals surface area contributed by atoms with Crippen LogP contribution in [0.15, 0.2) is 18.2 Å². The predicted molar refractivity (Wildman–Crippen MR) is 74.7 cm³/mol. The van der Waals surface area contributed by atoms with Crippen LogP contribution in [-0.2, 0) is 9.84 Å². The highest BCUT2D eigenvalue weighted by Crippen LogP contribution is 2.19. The molecule has 1 aliphatic heterocycles. The lowest BCUT2D eigenvalue weighted by molar-refractivity contribution is 0.0953. The van der Waals surface area contributed by atoms with Crippen molar-refractivity contribution in [2.75, 3.05) is 18.0 Å². The van der Waals surface area contributed by atoms with E-state index in [2.05, 4.69) is 5.32 Å². The molecule has 1 fully saturated rings. The third-order valence-electron chi connectivity index (χ3n) is 3.49. The van der Waals surface area contributed by atoms with Gasteiger partial charge < -0.3 is 11.1 Å². The van der Waals surface area contributed by atoms with E-state index in [4.69, 9.17) is 5.73 Å². The molecule has 0 aliphatic carbocycles. The first-order valence-electron chi connectivity index (χ1n) is 6.26. The van der Waals surface area contributed by atoms with Gasteiger partial charge in [-0.15, -0.1) is 0 Å². The fourth-order valence-corrected chi connectivity index (χ4v) is 3.98. The van der Waals surface area contributed by atoms with Crippen LogP contribution >= 0.6 is 0 Å². The van der Waals surface area contributed by atoms with Crippen LogP contribution in [0.1, 0.15) is 28.8 Å². The van der Waals surface area contributed by atoms with Crippen LogP contribution < -0.4 is 11.1 Å². The van der Waals surface area contributed by atoms with Crippen LogP contribution in [0.5, 0.6) is 0 Å². The summed E-state index contributed by atoms with van der Waals surface area (Å²) in [5.74, 6) is -0.0284. The maximum absolute atomic E-state index is 11.9. The number of carbonyl (C=O) groups excluding carboxylic acids is 1. The third-order valence-corrected chi connectivity index (χ3v) is 5.76. The first kappa shape index (κ1) is 13.9. The van der Waals surface area contributed by atoms with Gasteiger partial charge in [0.2, 0.25) is 0 Å². The summed E-state index contributed by atoms with van der Waals surface area (Å²) in [6, 6.07) is 5.02.